The molecular formula is C4H13NOS. The Morgan fingerprint density at radius 3 is 1.71 bits per heavy atom. The third-order valence-electron chi connectivity index (χ3n) is 0.604. The Hall–Kier alpha value is 0.110. The van der Waals surface area contributed by atoms with Crippen molar-refractivity contribution in [2.75, 3.05) is 0 Å². The van der Waals surface area contributed by atoms with Gasteiger partial charge < -0.3 is 0 Å². The van der Waals surface area contributed by atoms with E-state index in [9.17, 15) is 4.21 Å². The molecule has 0 fully saturated rings. The van der Waals surface area contributed by atoms with Gasteiger partial charge in [-0.05, 0) is 20.8 Å². The molecule has 0 saturated carbocycles. The summed E-state index contributed by atoms with van der Waals surface area (Å²) >= 11 is 0. The van der Waals surface area contributed by atoms with Crippen molar-refractivity contribution >= 4 is 11.0 Å². The molecule has 0 aromatic heterocycles. The Morgan fingerprint density at radius 1 is 1.57 bits per heavy atom. The van der Waals surface area contributed by atoms with Gasteiger partial charge in [0, 0.05) is 1.43 Å². The molecule has 3 heteroatoms. The van der Waals surface area contributed by atoms with Crippen molar-refractivity contribution in [1.29, 1.82) is 0 Å². The van der Waals surface area contributed by atoms with Gasteiger partial charge in [0.1, 0.15) is 0 Å². The van der Waals surface area contributed by atoms with Gasteiger partial charge in [0.15, 0.2) is 0 Å². The second-order valence-electron chi connectivity index (χ2n) is 2.41. The van der Waals surface area contributed by atoms with Gasteiger partial charge in [-0.3, -0.25) is 5.14 Å². The highest BCUT2D eigenvalue weighted by molar-refractivity contribution is 7.84. The van der Waals surface area contributed by atoms with Crippen molar-refractivity contribution < 1.29 is 5.64 Å². The average Bonchev–Trinajstić information content (AvgIpc) is 1.31. The lowest BCUT2D eigenvalue weighted by atomic mass is 10.3. The molecule has 7 heavy (non-hydrogen) atoms. The van der Waals surface area contributed by atoms with E-state index in [1.807, 2.05) is 20.8 Å². The third-order valence-corrected chi connectivity index (χ3v) is 1.81. The summed E-state index contributed by atoms with van der Waals surface area (Å²) in [5.41, 5.74) is 0. The SMILES string of the molecule is CC(C)(C)[S@](N)=O.[HH]. The summed E-state index contributed by atoms with van der Waals surface area (Å²) in [6, 6.07) is 0. The fourth-order valence-electron chi connectivity index (χ4n) is 0. The lowest BCUT2D eigenvalue weighted by Gasteiger charge is -2.11. The first-order chi connectivity index (χ1) is 2.94. The van der Waals surface area contributed by atoms with Crippen molar-refractivity contribution in [3.63, 3.8) is 0 Å². The monoisotopic (exact) mass is 123 g/mol. The Balaban J connectivity index is 0. The molecule has 0 aromatic carbocycles. The number of rotatable bonds is 0. The van der Waals surface area contributed by atoms with Crippen LogP contribution < -0.4 is 5.14 Å². The molecule has 0 saturated heterocycles. The number of hydrogen-bond donors (Lipinski definition) is 1. The average molecular weight is 123 g/mol. The molecule has 0 aliphatic heterocycles. The Labute approximate surface area is 48.2 Å². The van der Waals surface area contributed by atoms with Crippen molar-refractivity contribution in [1.82, 2.24) is 0 Å². The van der Waals surface area contributed by atoms with Crippen LogP contribution in [-0.2, 0) is 11.0 Å². The van der Waals surface area contributed by atoms with Crippen LogP contribution in [0.4, 0.5) is 0 Å². The summed E-state index contributed by atoms with van der Waals surface area (Å²) in [6.45, 7) is 5.51. The normalized spacial score (nSPS) is 16.6. The molecule has 0 rings (SSSR count). The largest absolute Gasteiger partial charge is 0.251 e. The highest BCUT2D eigenvalue weighted by atomic mass is 32.2. The third kappa shape index (κ3) is 2.76. The van der Waals surface area contributed by atoms with E-state index >= 15 is 0 Å². The zero-order chi connectivity index (χ0) is 6.08. The highest BCUT2D eigenvalue weighted by Crippen LogP contribution is 2.04. The zero-order valence-corrected chi connectivity index (χ0v) is 5.71. The smallest absolute Gasteiger partial charge is 0.0942 e. The molecular weight excluding hydrogens is 110 g/mol. The first kappa shape index (κ1) is 7.11. The number of hydrogen-bond acceptors (Lipinski definition) is 1. The summed E-state index contributed by atoms with van der Waals surface area (Å²) < 4.78 is 10.1. The summed E-state index contributed by atoms with van der Waals surface area (Å²) in [5, 5.41) is 5.04. The first-order valence-electron chi connectivity index (χ1n) is 2.11. The van der Waals surface area contributed by atoms with E-state index in [0.29, 0.717) is 0 Å². The van der Waals surface area contributed by atoms with Gasteiger partial charge in [-0.15, -0.1) is 0 Å². The lowest BCUT2D eigenvalue weighted by molar-refractivity contribution is 0.650. The van der Waals surface area contributed by atoms with Crippen molar-refractivity contribution in [2.24, 2.45) is 5.14 Å². The molecule has 0 radical (unpaired) electrons. The minimum atomic E-state index is -1.18. The standard InChI is InChI=1S/C4H11NOS.H2/c1-4(2,3)7(5)6;/h5H2,1-3H3;1H/t7-;/m1./s1. The van der Waals surface area contributed by atoms with Crippen LogP contribution in [0.15, 0.2) is 0 Å². The van der Waals surface area contributed by atoms with E-state index in [2.05, 4.69) is 0 Å². The Kier molecular flexibility index (Phi) is 1.95. The molecule has 1 atom stereocenters. The van der Waals surface area contributed by atoms with Crippen molar-refractivity contribution in [3.8, 4) is 0 Å². The topological polar surface area (TPSA) is 43.1 Å². The van der Waals surface area contributed by atoms with E-state index in [1.54, 1.807) is 0 Å². The maximum absolute atomic E-state index is 10.4. The van der Waals surface area contributed by atoms with Crippen LogP contribution in [-0.4, -0.2) is 8.96 Å². The Morgan fingerprint density at radius 2 is 1.71 bits per heavy atom. The Bertz CT molecular complexity index is 88.5. The molecule has 0 unspecified atom stereocenters. The second-order valence-corrected chi connectivity index (χ2v) is 4.23. The van der Waals surface area contributed by atoms with Crippen molar-refractivity contribution in [2.45, 2.75) is 25.5 Å². The molecule has 0 aromatic rings. The van der Waals surface area contributed by atoms with E-state index < -0.39 is 11.0 Å². The molecule has 0 bridgehead atoms. The second kappa shape index (κ2) is 1.92. The van der Waals surface area contributed by atoms with Gasteiger partial charge in [-0.2, -0.15) is 0 Å². The highest BCUT2D eigenvalue weighted by Gasteiger charge is 2.14. The maximum Gasteiger partial charge on any atom is 0.0942 e. The number of nitrogens with two attached hydrogens (primary N) is 1. The molecule has 0 aliphatic carbocycles. The molecule has 0 amide bonds. The van der Waals surface area contributed by atoms with Gasteiger partial charge in [0.2, 0.25) is 0 Å². The van der Waals surface area contributed by atoms with Gasteiger partial charge in [-0.25, -0.2) is 4.21 Å². The van der Waals surface area contributed by atoms with Gasteiger partial charge in [0.05, 0.1) is 15.7 Å². The van der Waals surface area contributed by atoms with Crippen LogP contribution in [0.5, 0.6) is 0 Å². The van der Waals surface area contributed by atoms with Crippen LogP contribution >= 0.6 is 0 Å². The molecule has 0 heterocycles. The molecule has 2 N–H and O–H groups in total. The van der Waals surface area contributed by atoms with E-state index in [1.165, 1.54) is 0 Å². The minimum Gasteiger partial charge on any atom is -0.251 e. The molecule has 2 nitrogen and oxygen atoms in total. The minimum absolute atomic E-state index is 0. The van der Waals surface area contributed by atoms with Crippen LogP contribution in [0.1, 0.15) is 22.2 Å². The molecule has 0 aliphatic rings. The van der Waals surface area contributed by atoms with E-state index in [-0.39, 0.29) is 6.17 Å². The van der Waals surface area contributed by atoms with Gasteiger partial charge >= 0.3 is 0 Å². The fraction of sp³-hybridized carbons (Fsp3) is 1.00. The molecule has 0 spiro atoms. The summed E-state index contributed by atoms with van der Waals surface area (Å²) in [7, 11) is -1.18. The summed E-state index contributed by atoms with van der Waals surface area (Å²) in [6.07, 6.45) is 0. The van der Waals surface area contributed by atoms with Gasteiger partial charge in [0.25, 0.3) is 0 Å². The quantitative estimate of drug-likeness (QED) is 0.505. The fourth-order valence-corrected chi connectivity index (χ4v) is 0. The lowest BCUT2D eigenvalue weighted by Crippen LogP contribution is -2.27. The van der Waals surface area contributed by atoms with Crippen LogP contribution in [0.3, 0.4) is 0 Å². The van der Waals surface area contributed by atoms with Crippen molar-refractivity contribution in [3.05, 3.63) is 0 Å². The van der Waals surface area contributed by atoms with E-state index in [0.717, 1.165) is 0 Å². The van der Waals surface area contributed by atoms with Crippen LogP contribution in [0.25, 0.3) is 0 Å². The maximum atomic E-state index is 10.4. The van der Waals surface area contributed by atoms with E-state index in [4.69, 9.17) is 5.14 Å². The summed E-state index contributed by atoms with van der Waals surface area (Å²) in [5.74, 6) is 0. The predicted octanol–water partition coefficient (Wildman–Crippen LogP) is 0.653. The zero-order valence-electron chi connectivity index (χ0n) is 4.89. The molecule has 46 valence electrons. The predicted molar refractivity (Wildman–Crippen MR) is 34.2 cm³/mol. The summed E-state index contributed by atoms with van der Waals surface area (Å²) in [4.78, 5) is 0. The van der Waals surface area contributed by atoms with Crippen LogP contribution in [0, 0.1) is 0 Å². The first-order valence-corrected chi connectivity index (χ1v) is 3.32. The van der Waals surface area contributed by atoms with Gasteiger partial charge in [-0.1, -0.05) is 0 Å². The van der Waals surface area contributed by atoms with Crippen LogP contribution in [0.2, 0.25) is 0 Å².